The standard InChI is InChI=1S/C13H8N2O3/c14-7-9-3-1-2-4-11(9)18-12-6-5-10(8-15-12)13(16)17/h1-6,8H,(H,16,17). The number of benzene rings is 1. The maximum Gasteiger partial charge on any atom is 0.337 e. The van der Waals surface area contributed by atoms with Gasteiger partial charge in [-0.25, -0.2) is 9.78 Å². The minimum Gasteiger partial charge on any atom is -0.478 e. The van der Waals surface area contributed by atoms with Crippen LogP contribution in [0.15, 0.2) is 42.6 Å². The van der Waals surface area contributed by atoms with Crippen LogP contribution >= 0.6 is 0 Å². The normalized spacial score (nSPS) is 9.50. The molecule has 18 heavy (non-hydrogen) atoms. The minimum atomic E-state index is -1.05. The molecule has 0 unspecified atom stereocenters. The zero-order valence-electron chi connectivity index (χ0n) is 9.20. The Balaban J connectivity index is 2.24. The largest absolute Gasteiger partial charge is 0.478 e. The molecule has 88 valence electrons. The summed E-state index contributed by atoms with van der Waals surface area (Å²) in [6.07, 6.45) is 1.20. The van der Waals surface area contributed by atoms with Crippen LogP contribution in [0.25, 0.3) is 0 Å². The van der Waals surface area contributed by atoms with Gasteiger partial charge in [0, 0.05) is 12.3 Å². The third-order valence-corrected chi connectivity index (χ3v) is 2.21. The number of nitriles is 1. The van der Waals surface area contributed by atoms with E-state index < -0.39 is 5.97 Å². The van der Waals surface area contributed by atoms with Crippen molar-refractivity contribution in [2.75, 3.05) is 0 Å². The molecular weight excluding hydrogens is 232 g/mol. The molecule has 0 atom stereocenters. The molecule has 1 N–H and O–H groups in total. The van der Waals surface area contributed by atoms with Crippen LogP contribution in [0.4, 0.5) is 0 Å². The van der Waals surface area contributed by atoms with Crippen molar-refractivity contribution >= 4 is 5.97 Å². The Hall–Kier alpha value is -2.87. The van der Waals surface area contributed by atoms with Gasteiger partial charge < -0.3 is 9.84 Å². The maximum absolute atomic E-state index is 10.6. The van der Waals surface area contributed by atoms with Crippen molar-refractivity contribution in [3.8, 4) is 17.7 Å². The first-order chi connectivity index (χ1) is 8.70. The van der Waals surface area contributed by atoms with Crippen LogP contribution < -0.4 is 4.74 Å². The highest BCUT2D eigenvalue weighted by atomic mass is 16.5. The molecule has 1 aromatic carbocycles. The van der Waals surface area contributed by atoms with Crippen LogP contribution in [0.1, 0.15) is 15.9 Å². The summed E-state index contributed by atoms with van der Waals surface area (Å²) < 4.78 is 5.41. The lowest BCUT2D eigenvalue weighted by atomic mass is 10.2. The number of pyridine rings is 1. The number of para-hydroxylation sites is 1. The number of aromatic nitrogens is 1. The topological polar surface area (TPSA) is 83.2 Å². The van der Waals surface area contributed by atoms with Crippen LogP contribution in [0, 0.1) is 11.3 Å². The number of ether oxygens (including phenoxy) is 1. The highest BCUT2D eigenvalue weighted by molar-refractivity contribution is 5.87. The Morgan fingerprint density at radius 1 is 1.28 bits per heavy atom. The molecule has 2 rings (SSSR count). The molecule has 1 heterocycles. The minimum absolute atomic E-state index is 0.0796. The third kappa shape index (κ3) is 2.44. The van der Waals surface area contributed by atoms with Crippen LogP contribution in [-0.4, -0.2) is 16.1 Å². The van der Waals surface area contributed by atoms with Crippen molar-refractivity contribution in [2.24, 2.45) is 0 Å². The third-order valence-electron chi connectivity index (χ3n) is 2.21. The zero-order chi connectivity index (χ0) is 13.0. The number of hydrogen-bond donors (Lipinski definition) is 1. The van der Waals surface area contributed by atoms with Gasteiger partial charge >= 0.3 is 5.97 Å². The van der Waals surface area contributed by atoms with Gasteiger partial charge in [-0.15, -0.1) is 0 Å². The first-order valence-corrected chi connectivity index (χ1v) is 5.07. The van der Waals surface area contributed by atoms with Crippen molar-refractivity contribution < 1.29 is 14.6 Å². The summed E-state index contributed by atoms with van der Waals surface area (Å²) in [7, 11) is 0. The zero-order valence-corrected chi connectivity index (χ0v) is 9.20. The summed E-state index contributed by atoms with van der Waals surface area (Å²) in [5.41, 5.74) is 0.470. The Morgan fingerprint density at radius 2 is 2.06 bits per heavy atom. The van der Waals surface area contributed by atoms with Crippen LogP contribution in [0.5, 0.6) is 11.6 Å². The van der Waals surface area contributed by atoms with E-state index in [1.165, 1.54) is 18.3 Å². The second kappa shape index (κ2) is 4.97. The van der Waals surface area contributed by atoms with Gasteiger partial charge in [0.05, 0.1) is 11.1 Å². The van der Waals surface area contributed by atoms with Gasteiger partial charge in [-0.1, -0.05) is 12.1 Å². The van der Waals surface area contributed by atoms with Crippen molar-refractivity contribution in [3.05, 3.63) is 53.7 Å². The summed E-state index contributed by atoms with van der Waals surface area (Å²) in [6, 6.07) is 11.6. The number of rotatable bonds is 3. The predicted molar refractivity (Wildman–Crippen MR) is 62.4 cm³/mol. The van der Waals surface area contributed by atoms with Gasteiger partial charge in [0.15, 0.2) is 0 Å². The van der Waals surface area contributed by atoms with Crippen molar-refractivity contribution in [3.63, 3.8) is 0 Å². The highest BCUT2D eigenvalue weighted by Crippen LogP contribution is 2.22. The molecule has 0 saturated heterocycles. The fourth-order valence-electron chi connectivity index (χ4n) is 1.33. The van der Waals surface area contributed by atoms with Crippen molar-refractivity contribution in [2.45, 2.75) is 0 Å². The van der Waals surface area contributed by atoms with Crippen LogP contribution in [0.2, 0.25) is 0 Å². The van der Waals surface area contributed by atoms with E-state index in [1.54, 1.807) is 24.3 Å². The molecule has 0 saturated carbocycles. The molecule has 1 aromatic heterocycles. The summed E-state index contributed by atoms with van der Waals surface area (Å²) in [6.45, 7) is 0. The van der Waals surface area contributed by atoms with E-state index in [-0.39, 0.29) is 11.4 Å². The summed E-state index contributed by atoms with van der Waals surface area (Å²) >= 11 is 0. The molecule has 0 fully saturated rings. The average molecular weight is 240 g/mol. The van der Waals surface area contributed by atoms with Gasteiger partial charge in [-0.2, -0.15) is 5.26 Å². The fourth-order valence-corrected chi connectivity index (χ4v) is 1.33. The molecule has 0 amide bonds. The first kappa shape index (κ1) is 11.6. The van der Waals surface area contributed by atoms with E-state index in [1.807, 2.05) is 6.07 Å². The van der Waals surface area contributed by atoms with Crippen LogP contribution in [-0.2, 0) is 0 Å². The molecule has 0 aliphatic heterocycles. The Bertz CT molecular complexity index is 615. The molecule has 5 nitrogen and oxygen atoms in total. The van der Waals surface area contributed by atoms with Gasteiger partial charge in [0.25, 0.3) is 0 Å². The summed E-state index contributed by atoms with van der Waals surface area (Å²) in [4.78, 5) is 14.5. The lowest BCUT2D eigenvalue weighted by Crippen LogP contribution is -1.97. The molecule has 0 bridgehead atoms. The van der Waals surface area contributed by atoms with Gasteiger partial charge in [0.1, 0.15) is 11.8 Å². The predicted octanol–water partition coefficient (Wildman–Crippen LogP) is 2.44. The maximum atomic E-state index is 10.6. The number of carbonyl (C=O) groups is 1. The Kier molecular flexibility index (Phi) is 3.21. The molecular formula is C13H8N2O3. The van der Waals surface area contributed by atoms with Gasteiger partial charge in [-0.3, -0.25) is 0 Å². The molecule has 0 spiro atoms. The summed E-state index contributed by atoms with van der Waals surface area (Å²) in [5.74, 6) is -0.426. The van der Waals surface area contributed by atoms with E-state index in [4.69, 9.17) is 15.1 Å². The Morgan fingerprint density at radius 3 is 2.67 bits per heavy atom. The second-order valence-electron chi connectivity index (χ2n) is 3.40. The summed E-state index contributed by atoms with van der Waals surface area (Å²) in [5, 5.41) is 17.6. The molecule has 0 aliphatic carbocycles. The van der Waals surface area contributed by atoms with Crippen LogP contribution in [0.3, 0.4) is 0 Å². The van der Waals surface area contributed by atoms with E-state index >= 15 is 0 Å². The first-order valence-electron chi connectivity index (χ1n) is 5.07. The lowest BCUT2D eigenvalue weighted by molar-refractivity contribution is 0.0696. The number of hydrogen-bond acceptors (Lipinski definition) is 4. The molecule has 2 aromatic rings. The highest BCUT2D eigenvalue weighted by Gasteiger charge is 2.06. The van der Waals surface area contributed by atoms with Gasteiger partial charge in [0.2, 0.25) is 5.88 Å². The SMILES string of the molecule is N#Cc1ccccc1Oc1ccc(C(=O)O)cn1. The quantitative estimate of drug-likeness (QED) is 0.890. The molecule has 5 heteroatoms. The smallest absolute Gasteiger partial charge is 0.337 e. The van der Waals surface area contributed by atoms with Crippen molar-refractivity contribution in [1.82, 2.24) is 4.98 Å². The average Bonchev–Trinajstić information content (AvgIpc) is 2.40. The molecule has 0 aliphatic rings. The number of carboxylic acids is 1. The monoisotopic (exact) mass is 240 g/mol. The Labute approximate surface area is 103 Å². The molecule has 0 radical (unpaired) electrons. The number of aromatic carboxylic acids is 1. The fraction of sp³-hybridized carbons (Fsp3) is 0. The second-order valence-corrected chi connectivity index (χ2v) is 3.40. The van der Waals surface area contributed by atoms with E-state index in [0.717, 1.165) is 0 Å². The number of nitrogens with zero attached hydrogens (tertiary/aromatic N) is 2. The van der Waals surface area contributed by atoms with E-state index in [2.05, 4.69) is 4.98 Å². The van der Waals surface area contributed by atoms with E-state index in [9.17, 15) is 4.79 Å². The van der Waals surface area contributed by atoms with E-state index in [0.29, 0.717) is 11.3 Å². The van der Waals surface area contributed by atoms with Gasteiger partial charge in [-0.05, 0) is 18.2 Å². The number of carboxylic acid groups (broad SMARTS) is 1. The lowest BCUT2D eigenvalue weighted by Gasteiger charge is -2.05. The van der Waals surface area contributed by atoms with Crippen molar-refractivity contribution in [1.29, 1.82) is 5.26 Å².